The Morgan fingerprint density at radius 2 is 1.87 bits per heavy atom. The van der Waals surface area contributed by atoms with Gasteiger partial charge in [0.1, 0.15) is 5.88 Å². The molecule has 3 saturated carbocycles. The van der Waals surface area contributed by atoms with Gasteiger partial charge in [0.25, 0.3) is 0 Å². The average molecular weight is 451 g/mol. The van der Waals surface area contributed by atoms with E-state index in [1.807, 2.05) is 0 Å². The number of esters is 1. The zero-order chi connectivity index (χ0) is 21.6. The summed E-state index contributed by atoms with van der Waals surface area (Å²) < 4.78 is 5.83. The number of hydrogen-bond donors (Lipinski definition) is 0. The maximum Gasteiger partial charge on any atom is 0.321 e. The van der Waals surface area contributed by atoms with Gasteiger partial charge in [0.2, 0.25) is 0 Å². The quantitative estimate of drug-likeness (QED) is 0.456. The van der Waals surface area contributed by atoms with Gasteiger partial charge < -0.3 is 4.74 Å². The van der Waals surface area contributed by atoms with Crippen LogP contribution in [0.25, 0.3) is 0 Å². The standard InChI is InChI=1S/C24H28Cl2O4/c1-12(27)24(30-21(29)11-25)7-5-15-13-9-19(26)18-10-20(28)14-8-17(14)23(18,3)16(13)4-6-22(15,24)2/h9-10,13-17H,4-8,11H2,1-3H3/t13-,14+,15-,16-,17-,22-,23-,24-/m0/s1. The molecule has 30 heavy (non-hydrogen) atoms. The predicted octanol–water partition coefficient (Wildman–Crippen LogP) is 4.83. The van der Waals surface area contributed by atoms with Crippen LogP contribution in [0.3, 0.4) is 0 Å². The Morgan fingerprint density at radius 3 is 2.53 bits per heavy atom. The highest BCUT2D eigenvalue weighted by Crippen LogP contribution is 2.72. The van der Waals surface area contributed by atoms with E-state index in [2.05, 4.69) is 19.9 Å². The number of carbonyl (C=O) groups excluding carboxylic acids is 3. The van der Waals surface area contributed by atoms with Crippen molar-refractivity contribution in [1.29, 1.82) is 0 Å². The summed E-state index contributed by atoms with van der Waals surface area (Å²) in [5.74, 6) is 0.675. The maximum absolute atomic E-state index is 12.9. The van der Waals surface area contributed by atoms with E-state index in [1.54, 1.807) is 6.08 Å². The molecule has 0 aromatic rings. The fourth-order valence-electron chi connectivity index (χ4n) is 8.00. The summed E-state index contributed by atoms with van der Waals surface area (Å²) in [6.07, 6.45) is 7.98. The van der Waals surface area contributed by atoms with Gasteiger partial charge in [0.15, 0.2) is 17.2 Å². The molecule has 5 rings (SSSR count). The molecule has 162 valence electrons. The minimum absolute atomic E-state index is 0.0902. The molecule has 5 aliphatic carbocycles. The van der Waals surface area contributed by atoms with E-state index in [1.165, 1.54) is 6.92 Å². The molecule has 0 aromatic heterocycles. The van der Waals surface area contributed by atoms with E-state index in [9.17, 15) is 14.4 Å². The van der Waals surface area contributed by atoms with Crippen molar-refractivity contribution in [2.75, 3.05) is 5.88 Å². The number of allylic oxidation sites excluding steroid dienone is 4. The summed E-state index contributed by atoms with van der Waals surface area (Å²) in [5.41, 5.74) is -0.635. The number of rotatable bonds is 3. The Balaban J connectivity index is 1.58. The van der Waals surface area contributed by atoms with Gasteiger partial charge in [0.05, 0.1) is 0 Å². The second-order valence-corrected chi connectivity index (χ2v) is 11.2. The van der Waals surface area contributed by atoms with Crippen LogP contribution in [0.4, 0.5) is 0 Å². The predicted molar refractivity (Wildman–Crippen MR) is 114 cm³/mol. The van der Waals surface area contributed by atoms with Crippen LogP contribution in [-0.4, -0.2) is 29.0 Å². The van der Waals surface area contributed by atoms with E-state index in [0.717, 1.165) is 31.3 Å². The lowest BCUT2D eigenvalue weighted by Crippen LogP contribution is -2.58. The number of fused-ring (bicyclic) bond motifs is 7. The topological polar surface area (TPSA) is 60.4 Å². The van der Waals surface area contributed by atoms with Crippen molar-refractivity contribution in [3.63, 3.8) is 0 Å². The highest BCUT2D eigenvalue weighted by molar-refractivity contribution is 6.32. The number of hydrogen-bond acceptors (Lipinski definition) is 4. The summed E-state index contributed by atoms with van der Waals surface area (Å²) in [5, 5.41) is 0.694. The van der Waals surface area contributed by atoms with E-state index in [-0.39, 0.29) is 40.6 Å². The fourth-order valence-corrected chi connectivity index (χ4v) is 8.46. The molecule has 0 spiro atoms. The molecule has 0 N–H and O–H groups in total. The first-order valence-electron chi connectivity index (χ1n) is 11.0. The first-order chi connectivity index (χ1) is 14.1. The molecule has 0 aromatic carbocycles. The molecule has 3 fully saturated rings. The smallest absolute Gasteiger partial charge is 0.321 e. The van der Waals surface area contributed by atoms with E-state index < -0.39 is 17.0 Å². The number of carbonyl (C=O) groups is 3. The summed E-state index contributed by atoms with van der Waals surface area (Å²) in [6, 6.07) is 0. The van der Waals surface area contributed by atoms with E-state index >= 15 is 0 Å². The zero-order valence-electron chi connectivity index (χ0n) is 17.7. The molecular formula is C24H28Cl2O4. The largest absolute Gasteiger partial charge is 0.450 e. The number of alkyl halides is 1. The fraction of sp³-hybridized carbons (Fsp3) is 0.708. The van der Waals surface area contributed by atoms with Crippen LogP contribution in [0.1, 0.15) is 52.9 Å². The van der Waals surface area contributed by atoms with Gasteiger partial charge in [-0.3, -0.25) is 14.4 Å². The maximum atomic E-state index is 12.9. The number of Topliss-reactive ketones (excluding diaryl/α,β-unsaturated/α-hetero) is 1. The molecule has 0 aliphatic heterocycles. The molecule has 0 bridgehead atoms. The van der Waals surface area contributed by atoms with Crippen molar-refractivity contribution in [3.05, 3.63) is 22.8 Å². The van der Waals surface area contributed by atoms with Crippen LogP contribution in [0.2, 0.25) is 0 Å². The van der Waals surface area contributed by atoms with Crippen LogP contribution < -0.4 is 0 Å². The van der Waals surface area contributed by atoms with Crippen LogP contribution in [0.5, 0.6) is 0 Å². The third-order valence-corrected chi connectivity index (χ3v) is 10.1. The molecule has 0 amide bonds. The van der Waals surface area contributed by atoms with Gasteiger partial charge in [-0.15, -0.1) is 11.6 Å². The molecule has 4 nitrogen and oxygen atoms in total. The number of ether oxygens (including phenoxy) is 1. The van der Waals surface area contributed by atoms with Gasteiger partial charge in [-0.1, -0.05) is 31.5 Å². The van der Waals surface area contributed by atoms with Crippen LogP contribution in [0, 0.1) is 40.4 Å². The van der Waals surface area contributed by atoms with Gasteiger partial charge >= 0.3 is 5.97 Å². The van der Waals surface area contributed by atoms with Crippen molar-refractivity contribution >= 4 is 40.7 Å². The minimum atomic E-state index is -1.11. The Morgan fingerprint density at radius 1 is 1.17 bits per heavy atom. The highest BCUT2D eigenvalue weighted by Gasteiger charge is 2.70. The Hall–Kier alpha value is -1.13. The summed E-state index contributed by atoms with van der Waals surface area (Å²) in [6.45, 7) is 5.95. The van der Waals surface area contributed by atoms with Gasteiger partial charge in [0, 0.05) is 21.8 Å². The molecule has 6 heteroatoms. The normalized spacial score (nSPS) is 48.4. The van der Waals surface area contributed by atoms with Crippen molar-refractivity contribution in [1.82, 2.24) is 0 Å². The molecular weight excluding hydrogens is 423 g/mol. The Labute approximate surface area is 187 Å². The Bertz CT molecular complexity index is 922. The third kappa shape index (κ3) is 2.38. The molecule has 0 radical (unpaired) electrons. The summed E-state index contributed by atoms with van der Waals surface area (Å²) in [7, 11) is 0. The summed E-state index contributed by atoms with van der Waals surface area (Å²) >= 11 is 12.5. The van der Waals surface area contributed by atoms with Gasteiger partial charge in [-0.2, -0.15) is 0 Å². The second-order valence-electron chi connectivity index (χ2n) is 10.5. The average Bonchev–Trinajstić information content (AvgIpc) is 3.45. The monoisotopic (exact) mass is 450 g/mol. The zero-order valence-corrected chi connectivity index (χ0v) is 19.2. The molecule has 0 heterocycles. The first-order valence-corrected chi connectivity index (χ1v) is 11.9. The SMILES string of the molecule is CC(=O)[C@@]1(OC(=O)CCl)CC[C@H]2[C@@H]3C=C(Cl)C4=CC(=O)[C@@H]5C[C@@H]5[C@]4(C)[C@H]3CC[C@@]21C. The van der Waals surface area contributed by atoms with Crippen LogP contribution in [0.15, 0.2) is 22.8 Å². The Kier molecular flexibility index (Phi) is 4.46. The van der Waals surface area contributed by atoms with Crippen molar-refractivity contribution in [2.24, 2.45) is 40.4 Å². The van der Waals surface area contributed by atoms with Crippen molar-refractivity contribution in [2.45, 2.75) is 58.5 Å². The molecule has 0 unspecified atom stereocenters. The first kappa shape index (κ1) is 20.8. The third-order valence-electron chi connectivity index (χ3n) is 9.58. The number of ketones is 2. The lowest BCUT2D eigenvalue weighted by atomic mass is 9.47. The van der Waals surface area contributed by atoms with Crippen LogP contribution in [-0.2, 0) is 19.1 Å². The lowest BCUT2D eigenvalue weighted by Gasteiger charge is -2.57. The second kappa shape index (κ2) is 6.45. The van der Waals surface area contributed by atoms with Crippen LogP contribution >= 0.6 is 23.2 Å². The van der Waals surface area contributed by atoms with E-state index in [4.69, 9.17) is 27.9 Å². The van der Waals surface area contributed by atoms with Gasteiger partial charge in [-0.25, -0.2) is 0 Å². The van der Waals surface area contributed by atoms with Crippen molar-refractivity contribution in [3.8, 4) is 0 Å². The number of halogens is 2. The molecule has 8 atom stereocenters. The highest BCUT2D eigenvalue weighted by atomic mass is 35.5. The van der Waals surface area contributed by atoms with E-state index in [0.29, 0.717) is 23.3 Å². The molecule has 0 saturated heterocycles. The van der Waals surface area contributed by atoms with Crippen molar-refractivity contribution < 1.29 is 19.1 Å². The lowest BCUT2D eigenvalue weighted by molar-refractivity contribution is -0.185. The minimum Gasteiger partial charge on any atom is -0.450 e. The summed E-state index contributed by atoms with van der Waals surface area (Å²) in [4.78, 5) is 37.5. The van der Waals surface area contributed by atoms with Gasteiger partial charge in [-0.05, 0) is 74.3 Å². The molecule has 5 aliphatic rings.